The molecular formula is C19H23B2N. The maximum absolute atomic E-state index is 6.55. The van der Waals surface area contributed by atoms with Crippen LogP contribution in [0.25, 0.3) is 0 Å². The van der Waals surface area contributed by atoms with Gasteiger partial charge in [-0.05, 0) is 24.5 Å². The van der Waals surface area contributed by atoms with Gasteiger partial charge in [-0.25, -0.2) is 0 Å². The summed E-state index contributed by atoms with van der Waals surface area (Å²) < 4.78 is 0. The summed E-state index contributed by atoms with van der Waals surface area (Å²) in [6.45, 7) is 2.19. The Labute approximate surface area is 137 Å². The standard InChI is InChI=1S/C19H23B2N/c1-19(20)13-9-8-12-18-16(14-19)15-10-6-4-2-3-5-7-11-17(15)22(18)21/h2-7,10-11,16,18H,8-9,12-14H2,1H3. The van der Waals surface area contributed by atoms with Crippen LogP contribution in [0.1, 0.15) is 50.5 Å². The molecule has 3 rings (SSSR count). The number of rotatable bonds is 0. The monoisotopic (exact) mass is 287 g/mol. The first-order valence-corrected chi connectivity index (χ1v) is 8.33. The van der Waals surface area contributed by atoms with E-state index in [0.717, 1.165) is 24.9 Å². The number of anilines is 1. The second-order valence-electron chi connectivity index (χ2n) is 7.01. The molecule has 0 amide bonds. The minimum Gasteiger partial charge on any atom is -0.421 e. The highest BCUT2D eigenvalue weighted by Gasteiger charge is 2.38. The molecule has 1 saturated carbocycles. The molecule has 1 aromatic carbocycles. The topological polar surface area (TPSA) is 3.24 Å². The van der Waals surface area contributed by atoms with Gasteiger partial charge in [0.25, 0.3) is 0 Å². The van der Waals surface area contributed by atoms with Crippen molar-refractivity contribution in [1.82, 2.24) is 0 Å². The second-order valence-corrected chi connectivity index (χ2v) is 7.01. The Morgan fingerprint density at radius 2 is 1.73 bits per heavy atom. The summed E-state index contributed by atoms with van der Waals surface area (Å²) in [6.07, 6.45) is 5.66. The van der Waals surface area contributed by atoms with Crippen LogP contribution in [-0.4, -0.2) is 21.9 Å². The Kier molecular flexibility index (Phi) is 4.51. The fourth-order valence-corrected chi connectivity index (χ4v) is 3.95. The van der Waals surface area contributed by atoms with Gasteiger partial charge < -0.3 is 4.81 Å². The average Bonchev–Trinajstić information content (AvgIpc) is 2.70. The number of fused-ring (bicyclic) bond motifs is 3. The van der Waals surface area contributed by atoms with Crippen molar-refractivity contribution in [3.8, 4) is 0 Å². The Morgan fingerprint density at radius 1 is 1.05 bits per heavy atom. The fraction of sp³-hybridized carbons (Fsp3) is 0.474. The molecule has 1 aliphatic carbocycles. The van der Waals surface area contributed by atoms with Gasteiger partial charge in [0.05, 0.1) is 7.85 Å². The summed E-state index contributed by atoms with van der Waals surface area (Å²) in [5.74, 6) is 0.424. The molecule has 3 heteroatoms. The highest BCUT2D eigenvalue weighted by Crippen LogP contribution is 2.50. The molecule has 2 aliphatic rings. The van der Waals surface area contributed by atoms with E-state index < -0.39 is 0 Å². The lowest BCUT2D eigenvalue weighted by Crippen LogP contribution is -2.34. The number of nitrogens with zero attached hydrogens (tertiary/aromatic N) is 1. The first-order valence-electron chi connectivity index (χ1n) is 8.33. The summed E-state index contributed by atoms with van der Waals surface area (Å²) in [7, 11) is 13.0. The van der Waals surface area contributed by atoms with E-state index in [-0.39, 0.29) is 5.31 Å². The quantitative estimate of drug-likeness (QED) is 0.636. The van der Waals surface area contributed by atoms with Crippen molar-refractivity contribution in [2.24, 2.45) is 0 Å². The van der Waals surface area contributed by atoms with Crippen molar-refractivity contribution in [2.45, 2.75) is 56.3 Å². The summed E-state index contributed by atoms with van der Waals surface area (Å²) in [5, 5.41) is -0.102. The van der Waals surface area contributed by atoms with Crippen LogP contribution in [-0.2, 0) is 0 Å². The minimum absolute atomic E-state index is 0.102. The van der Waals surface area contributed by atoms with Crippen LogP contribution in [0.3, 0.4) is 0 Å². The molecule has 0 bridgehead atoms. The molecule has 4 radical (unpaired) electrons. The van der Waals surface area contributed by atoms with Crippen molar-refractivity contribution < 1.29 is 0 Å². The molecule has 110 valence electrons. The van der Waals surface area contributed by atoms with Gasteiger partial charge >= 0.3 is 0 Å². The lowest BCUT2D eigenvalue weighted by Gasteiger charge is -2.36. The Morgan fingerprint density at radius 3 is 2.50 bits per heavy atom. The zero-order valence-electron chi connectivity index (χ0n) is 13.4. The smallest absolute Gasteiger partial charge is 0.227 e. The molecule has 3 atom stereocenters. The Hall–Kier alpha value is -1.37. The van der Waals surface area contributed by atoms with Crippen LogP contribution in [0.5, 0.6) is 0 Å². The maximum atomic E-state index is 6.55. The zero-order valence-corrected chi connectivity index (χ0v) is 13.4. The van der Waals surface area contributed by atoms with Crippen molar-refractivity contribution in [3.63, 3.8) is 0 Å². The first kappa shape index (κ1) is 15.5. The fourth-order valence-electron chi connectivity index (χ4n) is 3.95. The first-order chi connectivity index (χ1) is 10.6. The van der Waals surface area contributed by atoms with Gasteiger partial charge in [-0.2, -0.15) is 0 Å². The van der Waals surface area contributed by atoms with E-state index in [1.54, 1.807) is 0 Å². The van der Waals surface area contributed by atoms with E-state index in [0.29, 0.717) is 12.0 Å². The normalized spacial score (nSPS) is 30.5. The second kappa shape index (κ2) is 6.40. The lowest BCUT2D eigenvalue weighted by atomic mass is 9.60. The van der Waals surface area contributed by atoms with Crippen LogP contribution in [0.2, 0.25) is 5.31 Å². The summed E-state index contributed by atoms with van der Waals surface area (Å²) in [5.41, 5.74) is 2.48. The molecule has 1 fully saturated rings. The molecule has 22 heavy (non-hydrogen) atoms. The molecule has 0 aromatic heterocycles. The van der Waals surface area contributed by atoms with E-state index in [1.165, 1.54) is 18.4 Å². The van der Waals surface area contributed by atoms with E-state index in [2.05, 4.69) is 37.3 Å². The third kappa shape index (κ3) is 3.19. The summed E-state index contributed by atoms with van der Waals surface area (Å²) in [6, 6.07) is 17.1. The third-order valence-electron chi connectivity index (χ3n) is 5.06. The lowest BCUT2D eigenvalue weighted by molar-refractivity contribution is 0.365. The van der Waals surface area contributed by atoms with E-state index in [4.69, 9.17) is 15.8 Å². The van der Waals surface area contributed by atoms with Gasteiger partial charge in [-0.15, -0.1) is 0 Å². The van der Waals surface area contributed by atoms with Crippen molar-refractivity contribution >= 4 is 21.5 Å². The van der Waals surface area contributed by atoms with Gasteiger partial charge in [-0.1, -0.05) is 74.0 Å². The van der Waals surface area contributed by atoms with Crippen molar-refractivity contribution in [1.29, 1.82) is 0 Å². The van der Waals surface area contributed by atoms with E-state index in [1.807, 2.05) is 23.0 Å². The van der Waals surface area contributed by atoms with Crippen LogP contribution in [0.15, 0.2) is 48.5 Å². The molecule has 0 spiro atoms. The minimum atomic E-state index is -0.102. The molecule has 1 heterocycles. The highest BCUT2D eigenvalue weighted by atomic mass is 15.1. The number of hydrogen-bond acceptors (Lipinski definition) is 1. The highest BCUT2D eigenvalue weighted by molar-refractivity contribution is 6.19. The SMILES string of the molecule is [B]N1c2ccccccccc2C2CC([B])(C)CCCCC21. The van der Waals surface area contributed by atoms with Crippen molar-refractivity contribution in [3.05, 3.63) is 54.1 Å². The van der Waals surface area contributed by atoms with E-state index in [9.17, 15) is 0 Å². The predicted molar refractivity (Wildman–Crippen MR) is 96.0 cm³/mol. The molecule has 0 saturated heterocycles. The van der Waals surface area contributed by atoms with Gasteiger partial charge in [0.2, 0.25) is 7.98 Å². The molecule has 3 unspecified atom stereocenters. The van der Waals surface area contributed by atoms with Gasteiger partial charge in [0.1, 0.15) is 0 Å². The number of hydrogen-bond donors (Lipinski definition) is 0. The maximum Gasteiger partial charge on any atom is 0.227 e. The van der Waals surface area contributed by atoms with Crippen molar-refractivity contribution in [2.75, 3.05) is 4.81 Å². The van der Waals surface area contributed by atoms with Crippen LogP contribution in [0.4, 0.5) is 5.69 Å². The molecule has 0 N–H and O–H groups in total. The van der Waals surface area contributed by atoms with Gasteiger partial charge in [-0.3, -0.25) is 0 Å². The van der Waals surface area contributed by atoms with E-state index >= 15 is 0 Å². The molecule has 1 aromatic rings. The van der Waals surface area contributed by atoms with Gasteiger partial charge in [0.15, 0.2) is 0 Å². The van der Waals surface area contributed by atoms with Crippen LogP contribution < -0.4 is 4.81 Å². The largest absolute Gasteiger partial charge is 0.421 e. The molecule has 1 nitrogen and oxygen atoms in total. The van der Waals surface area contributed by atoms with Gasteiger partial charge in [0, 0.05) is 17.6 Å². The summed E-state index contributed by atoms with van der Waals surface area (Å²) >= 11 is 0. The average molecular weight is 287 g/mol. The molecule has 1 aliphatic heterocycles. The zero-order chi connectivity index (χ0) is 15.6. The van der Waals surface area contributed by atoms with Crippen LogP contribution >= 0.6 is 0 Å². The third-order valence-corrected chi connectivity index (χ3v) is 5.06. The summed E-state index contributed by atoms with van der Waals surface area (Å²) in [4.78, 5) is 1.99. The van der Waals surface area contributed by atoms with Crippen LogP contribution in [0, 0.1) is 0 Å². The predicted octanol–water partition coefficient (Wildman–Crippen LogP) is 4.48. The molecular weight excluding hydrogens is 264 g/mol. The Bertz CT molecular complexity index is 583. The Balaban J connectivity index is 2.09.